The number of nitrogens with zero attached hydrogens (tertiary/aromatic N) is 4. The molecule has 0 radical (unpaired) electrons. The highest BCUT2D eigenvalue weighted by Gasteiger charge is 2.38. The minimum atomic E-state index is -0.0793. The lowest BCUT2D eigenvalue weighted by Crippen LogP contribution is -2.10. The molecule has 0 aliphatic heterocycles. The Morgan fingerprint density at radius 2 is 0.773 bits per heavy atom. The molecular weight excluding hydrogens is 801 g/mol. The fourth-order valence-electron chi connectivity index (χ4n) is 11.0. The molecule has 12 rings (SSSR count). The first-order chi connectivity index (χ1) is 32.2. The monoisotopic (exact) mass is 836 g/mol. The summed E-state index contributed by atoms with van der Waals surface area (Å²) in [6, 6.07) is 61.2. The quantitative estimate of drug-likeness (QED) is 0.166. The molecule has 0 unspecified atom stereocenters. The maximum absolute atomic E-state index is 10.3. The Morgan fingerprint density at radius 3 is 1.18 bits per heavy atom. The minimum absolute atomic E-state index is 0.0793. The molecule has 0 amide bonds. The van der Waals surface area contributed by atoms with E-state index in [0.717, 1.165) is 77.2 Å². The second-order valence-corrected chi connectivity index (χ2v) is 18.3. The lowest BCUT2D eigenvalue weighted by Gasteiger charge is -2.24. The third kappa shape index (κ3) is 5.34. The van der Waals surface area contributed by atoms with Crippen molar-refractivity contribution in [2.24, 2.45) is 0 Å². The van der Waals surface area contributed by atoms with Gasteiger partial charge in [0.1, 0.15) is 0 Å². The van der Waals surface area contributed by atoms with Gasteiger partial charge in [-0.25, -0.2) is 9.69 Å². The SMILES string of the molecule is [C-]#[N+]c1ccc(C#N)cc1-c1c2c(c(-c3cc(C#N)ccc3[N+]#[C-])c3ccccc13)-c1ccc3c4c(ccc-2c14)-c1c-3c(-c2ccccc2)c2cc(C(C)(C)C)ccc2c1-c1ccccc1. The lowest BCUT2D eigenvalue weighted by molar-refractivity contribution is 0.591. The first kappa shape index (κ1) is 38.6. The zero-order valence-corrected chi connectivity index (χ0v) is 36.4. The largest absolute Gasteiger partial charge is 0.238 e. The molecule has 0 spiro atoms. The summed E-state index contributed by atoms with van der Waals surface area (Å²) in [5.74, 6) is 0. The maximum Gasteiger partial charge on any atom is 0.195 e. The van der Waals surface area contributed by atoms with Crippen LogP contribution in [0.1, 0.15) is 37.5 Å². The molecule has 0 fully saturated rings. The second-order valence-electron chi connectivity index (χ2n) is 18.3. The van der Waals surface area contributed by atoms with E-state index in [0.29, 0.717) is 33.6 Å². The fraction of sp³-hybridized carbons (Fsp3) is 0.0645. The Labute approximate surface area is 383 Å². The van der Waals surface area contributed by atoms with E-state index in [9.17, 15) is 10.5 Å². The number of benzene rings is 10. The molecule has 0 bridgehead atoms. The molecular formula is C62H36N4. The molecule has 4 nitrogen and oxygen atoms in total. The van der Waals surface area contributed by atoms with Crippen LogP contribution in [0.2, 0.25) is 0 Å². The summed E-state index contributed by atoms with van der Waals surface area (Å²) in [6.45, 7) is 23.6. The molecule has 66 heavy (non-hydrogen) atoms. The topological polar surface area (TPSA) is 56.3 Å². The van der Waals surface area contributed by atoms with Crippen LogP contribution in [0.3, 0.4) is 0 Å². The molecule has 2 aliphatic carbocycles. The van der Waals surface area contributed by atoms with Crippen LogP contribution in [-0.2, 0) is 5.41 Å². The molecule has 0 N–H and O–H groups in total. The number of hydrogen-bond acceptors (Lipinski definition) is 2. The standard InChI is InChI=1S/C62H36N4/c1-62(2,3)39-22-23-42-47(32-39)53(38-16-10-7-11-17-38)59-44-25-27-46-57-45(26-24-43(56(44)57)58(59)52(42)37-14-8-6-9-15-37)60-54(48-30-35(33-63)20-28-50(48)65-4)40-18-12-13-19-41(40)55(61(46)60)49-31-36(34-64)21-29-51(49)66-5/h6-32H,1-3H3. The van der Waals surface area contributed by atoms with Gasteiger partial charge in [-0.15, -0.1) is 0 Å². The molecule has 0 heterocycles. The van der Waals surface area contributed by atoms with Gasteiger partial charge in [0.15, 0.2) is 11.4 Å². The zero-order valence-electron chi connectivity index (χ0n) is 36.4. The van der Waals surface area contributed by atoms with Crippen molar-refractivity contribution < 1.29 is 0 Å². The Hall–Kier alpha value is -9.06. The summed E-state index contributed by atoms with van der Waals surface area (Å²) in [5, 5.41) is 27.0. The van der Waals surface area contributed by atoms with Crippen molar-refractivity contribution in [3.63, 3.8) is 0 Å². The van der Waals surface area contributed by atoms with Crippen molar-refractivity contribution in [1.82, 2.24) is 0 Å². The van der Waals surface area contributed by atoms with Gasteiger partial charge in [0.05, 0.1) is 36.4 Å². The number of rotatable bonds is 4. The predicted molar refractivity (Wildman–Crippen MR) is 270 cm³/mol. The van der Waals surface area contributed by atoms with Crippen molar-refractivity contribution in [2.45, 2.75) is 26.2 Å². The van der Waals surface area contributed by atoms with E-state index in [1.165, 1.54) is 38.6 Å². The molecule has 304 valence electrons. The van der Waals surface area contributed by atoms with Gasteiger partial charge in [-0.05, 0) is 151 Å². The molecule has 0 saturated carbocycles. The van der Waals surface area contributed by atoms with E-state index in [1.807, 2.05) is 24.3 Å². The van der Waals surface area contributed by atoms with Crippen LogP contribution >= 0.6 is 0 Å². The number of nitriles is 2. The summed E-state index contributed by atoms with van der Waals surface area (Å²) in [5.41, 5.74) is 19.5. The van der Waals surface area contributed by atoms with E-state index in [-0.39, 0.29) is 5.41 Å². The molecule has 4 heteroatoms. The molecule has 10 aromatic carbocycles. The molecule has 10 aromatic rings. The second kappa shape index (κ2) is 14.2. The van der Waals surface area contributed by atoms with Crippen LogP contribution in [0.5, 0.6) is 0 Å². The van der Waals surface area contributed by atoms with Crippen LogP contribution in [-0.4, -0.2) is 0 Å². The van der Waals surface area contributed by atoms with Gasteiger partial charge in [0.25, 0.3) is 0 Å². The van der Waals surface area contributed by atoms with E-state index >= 15 is 0 Å². The zero-order chi connectivity index (χ0) is 45.0. The fourth-order valence-corrected chi connectivity index (χ4v) is 11.0. The van der Waals surface area contributed by atoms with Crippen molar-refractivity contribution >= 4 is 43.7 Å². The van der Waals surface area contributed by atoms with E-state index in [4.69, 9.17) is 13.1 Å². The first-order valence-corrected chi connectivity index (χ1v) is 22.0. The van der Waals surface area contributed by atoms with Crippen molar-refractivity contribution in [1.29, 1.82) is 10.5 Å². The summed E-state index contributed by atoms with van der Waals surface area (Å²) < 4.78 is 0. The normalized spacial score (nSPS) is 11.8. The van der Waals surface area contributed by atoms with Crippen molar-refractivity contribution in [2.75, 3.05) is 0 Å². The molecule has 0 atom stereocenters. The van der Waals surface area contributed by atoms with Gasteiger partial charge in [-0.2, -0.15) is 10.5 Å². The van der Waals surface area contributed by atoms with Gasteiger partial charge < -0.3 is 0 Å². The lowest BCUT2D eigenvalue weighted by atomic mass is 9.79. The van der Waals surface area contributed by atoms with Crippen LogP contribution < -0.4 is 0 Å². The smallest absolute Gasteiger partial charge is 0.195 e. The number of hydrogen-bond donors (Lipinski definition) is 0. The Bertz CT molecular complexity index is 3860. The van der Waals surface area contributed by atoms with E-state index in [2.05, 4.69) is 158 Å². The van der Waals surface area contributed by atoms with Crippen LogP contribution in [0.15, 0.2) is 164 Å². The third-order valence-corrected chi connectivity index (χ3v) is 13.8. The number of fused-ring (bicyclic) bond motifs is 8. The highest BCUT2D eigenvalue weighted by Crippen LogP contribution is 2.65. The van der Waals surface area contributed by atoms with Crippen LogP contribution in [0, 0.1) is 35.8 Å². The molecule has 2 aliphatic rings. The summed E-state index contributed by atoms with van der Waals surface area (Å²) in [7, 11) is 0. The highest BCUT2D eigenvalue weighted by atomic mass is 14.7. The Kier molecular flexibility index (Phi) is 8.32. The summed E-state index contributed by atoms with van der Waals surface area (Å²) in [4.78, 5) is 8.08. The predicted octanol–water partition coefficient (Wildman–Crippen LogP) is 17.3. The van der Waals surface area contributed by atoms with Gasteiger partial charge in [0.2, 0.25) is 0 Å². The maximum atomic E-state index is 10.3. The van der Waals surface area contributed by atoms with Gasteiger partial charge in [-0.1, -0.05) is 166 Å². The van der Waals surface area contributed by atoms with E-state index in [1.54, 1.807) is 24.3 Å². The average Bonchev–Trinajstić information content (AvgIpc) is 3.86. The summed E-state index contributed by atoms with van der Waals surface area (Å²) >= 11 is 0. The van der Waals surface area contributed by atoms with Gasteiger partial charge >= 0.3 is 0 Å². The van der Waals surface area contributed by atoms with E-state index < -0.39 is 0 Å². The average molecular weight is 837 g/mol. The Morgan fingerprint density at radius 1 is 0.379 bits per heavy atom. The van der Waals surface area contributed by atoms with Crippen molar-refractivity contribution in [3.05, 3.63) is 203 Å². The Balaban J connectivity index is 1.29. The van der Waals surface area contributed by atoms with Crippen molar-refractivity contribution in [3.8, 4) is 101 Å². The van der Waals surface area contributed by atoms with Crippen LogP contribution in [0.25, 0.3) is 131 Å². The summed E-state index contributed by atoms with van der Waals surface area (Å²) in [6.07, 6.45) is 0. The highest BCUT2D eigenvalue weighted by molar-refractivity contribution is 6.35. The first-order valence-electron chi connectivity index (χ1n) is 22.0. The van der Waals surface area contributed by atoms with Gasteiger partial charge in [0, 0.05) is 0 Å². The third-order valence-electron chi connectivity index (χ3n) is 13.8. The van der Waals surface area contributed by atoms with Gasteiger partial charge in [-0.3, -0.25) is 0 Å². The molecule has 0 saturated heterocycles. The minimum Gasteiger partial charge on any atom is -0.238 e. The van der Waals surface area contributed by atoms with Crippen LogP contribution in [0.4, 0.5) is 11.4 Å². The molecule has 0 aromatic heterocycles.